The van der Waals surface area contributed by atoms with Gasteiger partial charge in [-0.2, -0.15) is 4.31 Å². The maximum Gasteiger partial charge on any atom is 0.239 e. The first kappa shape index (κ1) is 19.0. The first-order chi connectivity index (χ1) is 12.8. The summed E-state index contributed by atoms with van der Waals surface area (Å²) in [6.07, 6.45) is 2.76. The number of pyridine rings is 1. The Morgan fingerprint density at radius 1 is 1.11 bits per heavy atom. The van der Waals surface area contributed by atoms with Crippen molar-refractivity contribution >= 4 is 32.5 Å². The lowest BCUT2D eigenvalue weighted by atomic mass is 10.1. The molecular weight excluding hydrogens is 362 g/mol. The SMILES string of the molecule is Cc1cccc(CN(CC(=O)Nc2cccc3cccnc23)S(C)(=O)=O)c1. The Morgan fingerprint density at radius 2 is 1.85 bits per heavy atom. The van der Waals surface area contributed by atoms with Crippen LogP contribution in [0, 0.1) is 6.92 Å². The number of nitrogens with one attached hydrogen (secondary N) is 1. The summed E-state index contributed by atoms with van der Waals surface area (Å²) in [4.78, 5) is 16.8. The number of hydrogen-bond donors (Lipinski definition) is 1. The van der Waals surface area contributed by atoms with Crippen molar-refractivity contribution < 1.29 is 13.2 Å². The van der Waals surface area contributed by atoms with Crippen LogP contribution in [0.5, 0.6) is 0 Å². The average Bonchev–Trinajstić information content (AvgIpc) is 2.61. The van der Waals surface area contributed by atoms with Crippen molar-refractivity contribution in [3.63, 3.8) is 0 Å². The van der Waals surface area contributed by atoms with Gasteiger partial charge >= 0.3 is 0 Å². The highest BCUT2D eigenvalue weighted by atomic mass is 32.2. The molecule has 0 fully saturated rings. The molecule has 1 aromatic heterocycles. The number of nitrogens with zero attached hydrogens (tertiary/aromatic N) is 2. The summed E-state index contributed by atoms with van der Waals surface area (Å²) in [5.74, 6) is -0.411. The van der Waals surface area contributed by atoms with E-state index in [9.17, 15) is 13.2 Å². The van der Waals surface area contributed by atoms with Crippen molar-refractivity contribution in [3.8, 4) is 0 Å². The molecule has 0 spiro atoms. The highest BCUT2D eigenvalue weighted by Gasteiger charge is 2.21. The Morgan fingerprint density at radius 3 is 2.59 bits per heavy atom. The second-order valence-corrected chi connectivity index (χ2v) is 8.43. The van der Waals surface area contributed by atoms with Crippen LogP contribution in [0.2, 0.25) is 0 Å². The molecule has 3 rings (SSSR count). The van der Waals surface area contributed by atoms with E-state index in [1.807, 2.05) is 55.5 Å². The number of aromatic nitrogens is 1. The van der Waals surface area contributed by atoms with Gasteiger partial charge in [-0.1, -0.05) is 48.0 Å². The number of anilines is 1. The standard InChI is InChI=1S/C20H21N3O3S/c1-15-6-3-7-16(12-15)13-23(27(2,25)26)14-19(24)22-18-10-4-8-17-9-5-11-21-20(17)18/h3-12H,13-14H2,1-2H3,(H,22,24). The van der Waals surface area contributed by atoms with Gasteiger partial charge in [0.2, 0.25) is 15.9 Å². The van der Waals surface area contributed by atoms with Gasteiger partial charge in [-0.25, -0.2) is 8.42 Å². The molecule has 0 bridgehead atoms. The van der Waals surface area contributed by atoms with E-state index in [-0.39, 0.29) is 13.1 Å². The van der Waals surface area contributed by atoms with Crippen LogP contribution < -0.4 is 5.32 Å². The third-order valence-corrected chi connectivity index (χ3v) is 5.33. The smallest absolute Gasteiger partial charge is 0.239 e. The van der Waals surface area contributed by atoms with E-state index in [1.54, 1.807) is 12.3 Å². The molecule has 0 unspecified atom stereocenters. The first-order valence-electron chi connectivity index (χ1n) is 8.47. The van der Waals surface area contributed by atoms with Gasteiger partial charge in [0, 0.05) is 18.1 Å². The summed E-state index contributed by atoms with van der Waals surface area (Å²) >= 11 is 0. The zero-order chi connectivity index (χ0) is 19.4. The van der Waals surface area contributed by atoms with Gasteiger partial charge in [0.05, 0.1) is 24.0 Å². The average molecular weight is 383 g/mol. The molecule has 27 heavy (non-hydrogen) atoms. The fraction of sp³-hybridized carbons (Fsp3) is 0.200. The van der Waals surface area contributed by atoms with Crippen molar-refractivity contribution in [1.82, 2.24) is 9.29 Å². The minimum Gasteiger partial charge on any atom is -0.323 e. The van der Waals surface area contributed by atoms with Crippen molar-refractivity contribution in [3.05, 3.63) is 71.9 Å². The number of sulfonamides is 1. The zero-order valence-corrected chi connectivity index (χ0v) is 16.0. The molecule has 2 aromatic carbocycles. The molecule has 0 atom stereocenters. The van der Waals surface area contributed by atoms with Crippen LogP contribution in [0.4, 0.5) is 5.69 Å². The summed E-state index contributed by atoms with van der Waals surface area (Å²) in [6.45, 7) is 1.81. The molecular formula is C20H21N3O3S. The number of amides is 1. The first-order valence-corrected chi connectivity index (χ1v) is 10.3. The Kier molecular flexibility index (Phi) is 5.53. The Balaban J connectivity index is 1.78. The summed E-state index contributed by atoms with van der Waals surface area (Å²) in [5.41, 5.74) is 3.09. The predicted octanol–water partition coefficient (Wildman–Crippen LogP) is 2.94. The molecule has 0 saturated carbocycles. The normalized spacial score (nSPS) is 11.7. The van der Waals surface area contributed by atoms with Gasteiger partial charge < -0.3 is 5.32 Å². The number of hydrogen-bond acceptors (Lipinski definition) is 4. The number of carbonyl (C=O) groups excluding carboxylic acids is 1. The van der Waals surface area contributed by atoms with Gasteiger partial charge in [-0.05, 0) is 24.6 Å². The van der Waals surface area contributed by atoms with Gasteiger partial charge in [0.1, 0.15) is 0 Å². The number of rotatable bonds is 6. The summed E-state index contributed by atoms with van der Waals surface area (Å²) in [5, 5.41) is 3.68. The van der Waals surface area contributed by atoms with Gasteiger partial charge in [-0.15, -0.1) is 0 Å². The number of carbonyl (C=O) groups is 1. The molecule has 6 nitrogen and oxygen atoms in total. The van der Waals surface area contributed by atoms with Crippen LogP contribution in [0.15, 0.2) is 60.8 Å². The van der Waals surface area contributed by atoms with Gasteiger partial charge in [0.25, 0.3) is 0 Å². The van der Waals surface area contributed by atoms with Crippen LogP contribution >= 0.6 is 0 Å². The molecule has 1 heterocycles. The quantitative estimate of drug-likeness (QED) is 0.710. The van der Waals surface area contributed by atoms with E-state index in [2.05, 4.69) is 10.3 Å². The summed E-state index contributed by atoms with van der Waals surface area (Å²) < 4.78 is 25.5. The fourth-order valence-electron chi connectivity index (χ4n) is 2.86. The van der Waals surface area contributed by atoms with E-state index in [4.69, 9.17) is 0 Å². The Bertz CT molecular complexity index is 1080. The van der Waals surface area contributed by atoms with Crippen LogP contribution in [0.3, 0.4) is 0 Å². The number of benzene rings is 2. The van der Waals surface area contributed by atoms with Crippen molar-refractivity contribution in [2.75, 3.05) is 18.1 Å². The largest absolute Gasteiger partial charge is 0.323 e. The second-order valence-electron chi connectivity index (χ2n) is 6.45. The van der Waals surface area contributed by atoms with Crippen molar-refractivity contribution in [2.24, 2.45) is 0 Å². The summed E-state index contributed by atoms with van der Waals surface area (Å²) in [6, 6.07) is 16.8. The fourth-order valence-corrected chi connectivity index (χ4v) is 3.59. The maximum atomic E-state index is 12.5. The molecule has 0 saturated heterocycles. The number of fused-ring (bicyclic) bond motifs is 1. The molecule has 1 N–H and O–H groups in total. The molecule has 0 aliphatic heterocycles. The monoisotopic (exact) mass is 383 g/mol. The molecule has 0 radical (unpaired) electrons. The molecule has 0 aliphatic carbocycles. The van der Waals surface area contributed by atoms with Crippen LogP contribution in [0.25, 0.3) is 10.9 Å². The molecule has 0 aliphatic rings. The second kappa shape index (κ2) is 7.85. The maximum absolute atomic E-state index is 12.5. The van der Waals surface area contributed by atoms with Crippen molar-refractivity contribution in [2.45, 2.75) is 13.5 Å². The van der Waals surface area contributed by atoms with Gasteiger partial charge in [-0.3, -0.25) is 9.78 Å². The number of aryl methyl sites for hydroxylation is 1. The van der Waals surface area contributed by atoms with E-state index in [1.165, 1.54) is 0 Å². The summed E-state index contributed by atoms with van der Waals surface area (Å²) in [7, 11) is -3.55. The lowest BCUT2D eigenvalue weighted by Crippen LogP contribution is -2.37. The number of para-hydroxylation sites is 1. The minimum absolute atomic E-state index is 0.141. The highest BCUT2D eigenvalue weighted by molar-refractivity contribution is 7.88. The molecule has 140 valence electrons. The van der Waals surface area contributed by atoms with Crippen LogP contribution in [0.1, 0.15) is 11.1 Å². The Labute approximate surface area is 158 Å². The van der Waals surface area contributed by atoms with Gasteiger partial charge in [0.15, 0.2) is 0 Å². The Hall–Kier alpha value is -2.77. The lowest BCUT2D eigenvalue weighted by Gasteiger charge is -2.20. The highest BCUT2D eigenvalue weighted by Crippen LogP contribution is 2.20. The van der Waals surface area contributed by atoms with E-state index in [0.717, 1.165) is 27.1 Å². The topological polar surface area (TPSA) is 79.4 Å². The molecule has 1 amide bonds. The predicted molar refractivity (Wildman–Crippen MR) is 107 cm³/mol. The van der Waals surface area contributed by atoms with E-state index < -0.39 is 15.9 Å². The van der Waals surface area contributed by atoms with Crippen molar-refractivity contribution in [1.29, 1.82) is 0 Å². The van der Waals surface area contributed by atoms with E-state index in [0.29, 0.717) is 11.2 Å². The molecule has 3 aromatic rings. The van der Waals surface area contributed by atoms with Crippen LogP contribution in [-0.4, -0.2) is 36.4 Å². The third kappa shape index (κ3) is 4.90. The third-order valence-electron chi connectivity index (χ3n) is 4.14. The lowest BCUT2D eigenvalue weighted by molar-refractivity contribution is -0.116. The molecule has 7 heteroatoms. The van der Waals surface area contributed by atoms with Crippen LogP contribution in [-0.2, 0) is 21.4 Å². The zero-order valence-electron chi connectivity index (χ0n) is 15.2. The van der Waals surface area contributed by atoms with E-state index >= 15 is 0 Å². The minimum atomic E-state index is -3.55.